The molecule has 0 radical (unpaired) electrons. The smallest absolute Gasteiger partial charge is 0.311 e. The van der Waals surface area contributed by atoms with E-state index < -0.39 is 11.2 Å². The molecule has 3 aliphatic rings. The van der Waals surface area contributed by atoms with Crippen LogP contribution in [0.5, 0.6) is 0 Å². The quantitative estimate of drug-likeness (QED) is 0.778. The topological polar surface area (TPSA) is 65.0 Å². The fourth-order valence-corrected chi connectivity index (χ4v) is 3.69. The number of fused-ring (bicyclic) bond motifs is 3. The maximum Gasteiger partial charge on any atom is 0.311 e. The monoisotopic (exact) mass is 284 g/mol. The SMILES string of the molecule is CC(C)(C)C(=O)OC1C2CCC(C2)C12OCC(CO)O2. The van der Waals surface area contributed by atoms with Gasteiger partial charge in [0.15, 0.2) is 6.10 Å². The summed E-state index contributed by atoms with van der Waals surface area (Å²) in [7, 11) is 0. The molecule has 1 spiro atoms. The Bertz CT molecular complexity index is 402. The van der Waals surface area contributed by atoms with Gasteiger partial charge in [-0.05, 0) is 40.0 Å². The molecular weight excluding hydrogens is 260 g/mol. The van der Waals surface area contributed by atoms with Gasteiger partial charge >= 0.3 is 5.97 Å². The zero-order valence-electron chi connectivity index (χ0n) is 12.4. The third-order valence-electron chi connectivity index (χ3n) is 4.76. The van der Waals surface area contributed by atoms with Gasteiger partial charge in [-0.3, -0.25) is 4.79 Å². The molecule has 2 aliphatic carbocycles. The number of aliphatic hydroxyl groups is 1. The average molecular weight is 284 g/mol. The van der Waals surface area contributed by atoms with E-state index in [1.807, 2.05) is 20.8 Å². The van der Waals surface area contributed by atoms with E-state index in [0.29, 0.717) is 12.5 Å². The normalized spacial score (nSPS) is 43.4. The lowest BCUT2D eigenvalue weighted by atomic mass is 9.90. The van der Waals surface area contributed by atoms with Crippen molar-refractivity contribution in [1.29, 1.82) is 0 Å². The summed E-state index contributed by atoms with van der Waals surface area (Å²) < 4.78 is 17.6. The second kappa shape index (κ2) is 4.68. The predicted molar refractivity (Wildman–Crippen MR) is 70.8 cm³/mol. The molecule has 0 aromatic heterocycles. The Hall–Kier alpha value is -0.650. The summed E-state index contributed by atoms with van der Waals surface area (Å²) in [5.41, 5.74) is -0.530. The van der Waals surface area contributed by atoms with Crippen LogP contribution in [0.25, 0.3) is 0 Å². The Morgan fingerprint density at radius 2 is 2.15 bits per heavy atom. The minimum absolute atomic E-state index is 0.0565. The summed E-state index contributed by atoms with van der Waals surface area (Å²) in [6, 6.07) is 0. The van der Waals surface area contributed by atoms with Crippen LogP contribution in [0.2, 0.25) is 0 Å². The Labute approximate surface area is 119 Å². The van der Waals surface area contributed by atoms with Crippen LogP contribution in [-0.4, -0.2) is 42.3 Å². The summed E-state index contributed by atoms with van der Waals surface area (Å²) in [4.78, 5) is 12.2. The fourth-order valence-electron chi connectivity index (χ4n) is 3.69. The van der Waals surface area contributed by atoms with Gasteiger partial charge in [0.2, 0.25) is 5.79 Å². The van der Waals surface area contributed by atoms with Gasteiger partial charge in [0.1, 0.15) is 6.10 Å². The summed E-state index contributed by atoms with van der Waals surface area (Å²) in [5.74, 6) is -0.420. The number of aliphatic hydroxyl groups excluding tert-OH is 1. The van der Waals surface area contributed by atoms with E-state index in [1.54, 1.807) is 0 Å². The molecule has 1 N–H and O–H groups in total. The summed E-state index contributed by atoms with van der Waals surface area (Å²) >= 11 is 0. The zero-order chi connectivity index (χ0) is 14.5. The number of hydrogen-bond donors (Lipinski definition) is 1. The number of hydrogen-bond acceptors (Lipinski definition) is 5. The molecule has 1 aliphatic heterocycles. The predicted octanol–water partition coefficient (Wildman–Crippen LogP) is 1.48. The standard InChI is InChI=1S/C15H24O5/c1-14(2,3)13(17)19-12-9-4-5-10(6-9)15(12)18-8-11(7-16)20-15/h9-12,16H,4-8H2,1-3H3. The maximum absolute atomic E-state index is 12.2. The van der Waals surface area contributed by atoms with Gasteiger partial charge in [0.25, 0.3) is 0 Å². The van der Waals surface area contributed by atoms with Crippen molar-refractivity contribution in [3.8, 4) is 0 Å². The van der Waals surface area contributed by atoms with Crippen LogP contribution in [0.15, 0.2) is 0 Å². The van der Waals surface area contributed by atoms with E-state index in [4.69, 9.17) is 14.2 Å². The van der Waals surface area contributed by atoms with Gasteiger partial charge in [0.05, 0.1) is 18.6 Å². The van der Waals surface area contributed by atoms with E-state index in [0.717, 1.165) is 19.3 Å². The third-order valence-corrected chi connectivity index (χ3v) is 4.76. The second-order valence-electron chi connectivity index (χ2n) is 7.30. The van der Waals surface area contributed by atoms with E-state index in [1.165, 1.54) is 0 Å². The molecule has 1 saturated heterocycles. The highest BCUT2D eigenvalue weighted by Crippen LogP contribution is 2.56. The molecule has 0 aromatic carbocycles. The highest BCUT2D eigenvalue weighted by Gasteiger charge is 2.65. The number of carbonyl (C=O) groups is 1. The Morgan fingerprint density at radius 1 is 1.40 bits per heavy atom. The molecule has 3 rings (SSSR count). The molecule has 20 heavy (non-hydrogen) atoms. The van der Waals surface area contributed by atoms with Crippen LogP contribution in [0, 0.1) is 17.3 Å². The maximum atomic E-state index is 12.2. The molecule has 1 heterocycles. The first-order valence-corrected chi connectivity index (χ1v) is 7.50. The molecule has 5 atom stereocenters. The van der Waals surface area contributed by atoms with Crippen molar-refractivity contribution >= 4 is 5.97 Å². The van der Waals surface area contributed by atoms with E-state index >= 15 is 0 Å². The zero-order valence-corrected chi connectivity index (χ0v) is 12.4. The van der Waals surface area contributed by atoms with Crippen molar-refractivity contribution in [2.75, 3.05) is 13.2 Å². The van der Waals surface area contributed by atoms with E-state index in [2.05, 4.69) is 0 Å². The lowest BCUT2D eigenvalue weighted by molar-refractivity contribution is -0.262. The van der Waals surface area contributed by atoms with Gasteiger partial charge in [-0.2, -0.15) is 0 Å². The van der Waals surface area contributed by atoms with E-state index in [9.17, 15) is 9.90 Å². The molecule has 3 fully saturated rings. The number of rotatable bonds is 2. The first-order valence-electron chi connectivity index (χ1n) is 7.50. The van der Waals surface area contributed by atoms with Crippen molar-refractivity contribution in [3.05, 3.63) is 0 Å². The van der Waals surface area contributed by atoms with Gasteiger partial charge in [0, 0.05) is 11.8 Å². The fraction of sp³-hybridized carbons (Fsp3) is 0.933. The lowest BCUT2D eigenvalue weighted by Crippen LogP contribution is -2.51. The van der Waals surface area contributed by atoms with Crippen molar-refractivity contribution in [3.63, 3.8) is 0 Å². The lowest BCUT2D eigenvalue weighted by Gasteiger charge is -2.39. The van der Waals surface area contributed by atoms with Gasteiger partial charge < -0.3 is 19.3 Å². The first kappa shape index (κ1) is 14.3. The Kier molecular flexibility index (Phi) is 3.35. The van der Waals surface area contributed by atoms with Crippen molar-refractivity contribution < 1.29 is 24.1 Å². The Morgan fingerprint density at radius 3 is 2.75 bits per heavy atom. The van der Waals surface area contributed by atoms with Gasteiger partial charge in [-0.1, -0.05) is 0 Å². The number of carbonyl (C=O) groups excluding carboxylic acids is 1. The number of ether oxygens (including phenoxy) is 3. The summed E-state index contributed by atoms with van der Waals surface area (Å²) in [6.07, 6.45) is 2.46. The first-order chi connectivity index (χ1) is 9.37. The highest BCUT2D eigenvalue weighted by atomic mass is 16.8. The molecule has 2 saturated carbocycles. The highest BCUT2D eigenvalue weighted by molar-refractivity contribution is 5.75. The summed E-state index contributed by atoms with van der Waals surface area (Å²) in [5, 5.41) is 9.26. The van der Waals surface area contributed by atoms with E-state index in [-0.39, 0.29) is 30.7 Å². The van der Waals surface area contributed by atoms with Crippen LogP contribution in [0.4, 0.5) is 0 Å². The molecule has 0 aromatic rings. The molecule has 5 heteroatoms. The van der Waals surface area contributed by atoms with Crippen molar-refractivity contribution in [1.82, 2.24) is 0 Å². The molecule has 114 valence electrons. The van der Waals surface area contributed by atoms with Gasteiger partial charge in [-0.15, -0.1) is 0 Å². The van der Waals surface area contributed by atoms with Crippen molar-refractivity contribution in [2.45, 2.75) is 58.0 Å². The Balaban J connectivity index is 1.80. The molecule has 5 unspecified atom stereocenters. The average Bonchev–Trinajstić information content (AvgIpc) is 3.06. The molecule has 2 bridgehead atoms. The second-order valence-corrected chi connectivity index (χ2v) is 7.30. The van der Waals surface area contributed by atoms with Crippen LogP contribution < -0.4 is 0 Å². The van der Waals surface area contributed by atoms with Crippen LogP contribution in [-0.2, 0) is 19.0 Å². The van der Waals surface area contributed by atoms with Gasteiger partial charge in [-0.25, -0.2) is 0 Å². The van der Waals surface area contributed by atoms with Crippen LogP contribution in [0.3, 0.4) is 0 Å². The number of esters is 1. The minimum Gasteiger partial charge on any atom is -0.456 e. The molecular formula is C15H24O5. The third kappa shape index (κ3) is 2.07. The van der Waals surface area contributed by atoms with Crippen LogP contribution >= 0.6 is 0 Å². The minimum atomic E-state index is -0.808. The largest absolute Gasteiger partial charge is 0.456 e. The molecule has 5 nitrogen and oxygen atoms in total. The summed E-state index contributed by atoms with van der Waals surface area (Å²) in [6.45, 7) is 5.87. The van der Waals surface area contributed by atoms with Crippen molar-refractivity contribution in [2.24, 2.45) is 17.3 Å². The van der Waals surface area contributed by atoms with Crippen LogP contribution in [0.1, 0.15) is 40.0 Å². The molecule has 0 amide bonds.